The number of urea groups is 1. The molecule has 0 spiro atoms. The van der Waals surface area contributed by atoms with Crippen molar-refractivity contribution in [1.29, 1.82) is 0 Å². The van der Waals surface area contributed by atoms with Crippen molar-refractivity contribution >= 4 is 12.2 Å². The lowest BCUT2D eigenvalue weighted by atomic mass is 10.3. The third-order valence-corrected chi connectivity index (χ3v) is 2.27. The molecule has 0 saturated carbocycles. The first-order valence-corrected chi connectivity index (χ1v) is 4.87. The maximum Gasteiger partial charge on any atom is 0.510 e. The number of hydrogen-bond donors (Lipinski definition) is 0. The minimum atomic E-state index is -0.730. The Bertz CT molecular complexity index is 256. The largest absolute Gasteiger partial charge is 0.510 e. The van der Waals surface area contributed by atoms with E-state index < -0.39 is 12.4 Å². The molecule has 1 unspecified atom stereocenters. The molecule has 1 heterocycles. The Morgan fingerprint density at radius 1 is 1.53 bits per heavy atom. The van der Waals surface area contributed by atoms with Crippen LogP contribution >= 0.6 is 0 Å². The molecule has 0 aliphatic carbocycles. The van der Waals surface area contributed by atoms with Crippen LogP contribution in [-0.4, -0.2) is 55.5 Å². The van der Waals surface area contributed by atoms with Crippen LogP contribution in [0.3, 0.4) is 0 Å². The van der Waals surface area contributed by atoms with Crippen molar-refractivity contribution in [3.63, 3.8) is 0 Å². The molecular formula is C9H16N2O4. The van der Waals surface area contributed by atoms with E-state index in [0.717, 1.165) is 0 Å². The molecule has 6 nitrogen and oxygen atoms in total. The van der Waals surface area contributed by atoms with Gasteiger partial charge in [0.25, 0.3) is 0 Å². The molecule has 0 bridgehead atoms. The van der Waals surface area contributed by atoms with Gasteiger partial charge < -0.3 is 14.4 Å². The summed E-state index contributed by atoms with van der Waals surface area (Å²) < 4.78 is 9.62. The highest BCUT2D eigenvalue weighted by atomic mass is 16.7. The monoisotopic (exact) mass is 216 g/mol. The second kappa shape index (κ2) is 4.86. The SMILES string of the molecule is CCOC(=O)OC1CCN(C)C(=O)N1C. The van der Waals surface area contributed by atoms with E-state index in [9.17, 15) is 9.59 Å². The Morgan fingerprint density at radius 2 is 2.20 bits per heavy atom. The van der Waals surface area contributed by atoms with Gasteiger partial charge in [0.05, 0.1) is 6.61 Å². The van der Waals surface area contributed by atoms with E-state index in [1.165, 1.54) is 4.90 Å². The third kappa shape index (κ3) is 2.74. The van der Waals surface area contributed by atoms with Crippen molar-refractivity contribution in [3.8, 4) is 0 Å². The summed E-state index contributed by atoms with van der Waals surface area (Å²) >= 11 is 0. The van der Waals surface area contributed by atoms with Gasteiger partial charge in [0.2, 0.25) is 0 Å². The second-order valence-electron chi connectivity index (χ2n) is 3.36. The third-order valence-electron chi connectivity index (χ3n) is 2.27. The van der Waals surface area contributed by atoms with Crippen molar-refractivity contribution in [2.45, 2.75) is 19.6 Å². The molecule has 1 fully saturated rings. The standard InChI is InChI=1S/C9H16N2O4/c1-4-14-9(13)15-7-5-6-10(2)8(12)11(7)3/h7H,4-6H2,1-3H3. The molecule has 0 aromatic heterocycles. The van der Waals surface area contributed by atoms with Crippen LogP contribution in [-0.2, 0) is 9.47 Å². The first kappa shape index (κ1) is 11.6. The first-order valence-electron chi connectivity index (χ1n) is 4.87. The van der Waals surface area contributed by atoms with Crippen LogP contribution < -0.4 is 0 Å². The molecule has 1 aliphatic heterocycles. The fraction of sp³-hybridized carbons (Fsp3) is 0.778. The van der Waals surface area contributed by atoms with Gasteiger partial charge in [-0.25, -0.2) is 9.59 Å². The van der Waals surface area contributed by atoms with E-state index in [4.69, 9.17) is 4.74 Å². The second-order valence-corrected chi connectivity index (χ2v) is 3.36. The Hall–Kier alpha value is -1.46. The van der Waals surface area contributed by atoms with Gasteiger partial charge in [-0.15, -0.1) is 0 Å². The molecule has 0 N–H and O–H groups in total. The van der Waals surface area contributed by atoms with E-state index in [2.05, 4.69) is 4.74 Å². The molecular weight excluding hydrogens is 200 g/mol. The number of hydrogen-bond acceptors (Lipinski definition) is 4. The first-order chi connectivity index (χ1) is 7.06. The van der Waals surface area contributed by atoms with E-state index in [0.29, 0.717) is 13.0 Å². The minimum absolute atomic E-state index is 0.157. The molecule has 1 atom stereocenters. The lowest BCUT2D eigenvalue weighted by molar-refractivity contribution is -0.0437. The van der Waals surface area contributed by atoms with Gasteiger partial charge in [0.15, 0.2) is 6.23 Å². The van der Waals surface area contributed by atoms with Gasteiger partial charge in [-0.2, -0.15) is 0 Å². The molecule has 2 amide bonds. The zero-order valence-corrected chi connectivity index (χ0v) is 9.23. The van der Waals surface area contributed by atoms with Crippen LogP contribution in [0.4, 0.5) is 9.59 Å². The van der Waals surface area contributed by atoms with Gasteiger partial charge in [-0.3, -0.25) is 4.90 Å². The van der Waals surface area contributed by atoms with Gasteiger partial charge in [0.1, 0.15) is 0 Å². The normalized spacial score (nSPS) is 21.5. The molecule has 0 aromatic rings. The summed E-state index contributed by atoms with van der Waals surface area (Å²) in [4.78, 5) is 25.5. The highest BCUT2D eigenvalue weighted by Crippen LogP contribution is 2.14. The summed E-state index contributed by atoms with van der Waals surface area (Å²) in [7, 11) is 3.31. The molecule has 1 rings (SSSR count). The number of ether oxygens (including phenoxy) is 2. The summed E-state index contributed by atoms with van der Waals surface area (Å²) in [6, 6.07) is -0.157. The van der Waals surface area contributed by atoms with Crippen molar-refractivity contribution in [2.75, 3.05) is 27.2 Å². The Kier molecular flexibility index (Phi) is 3.76. The number of amides is 2. The fourth-order valence-electron chi connectivity index (χ4n) is 1.39. The van der Waals surface area contributed by atoms with Crippen molar-refractivity contribution in [3.05, 3.63) is 0 Å². The predicted octanol–water partition coefficient (Wildman–Crippen LogP) is 0.873. The van der Waals surface area contributed by atoms with E-state index in [1.54, 1.807) is 25.9 Å². The predicted molar refractivity (Wildman–Crippen MR) is 52.3 cm³/mol. The Morgan fingerprint density at radius 3 is 2.80 bits per heavy atom. The maximum atomic E-state index is 11.5. The Balaban J connectivity index is 2.49. The number of carbonyl (C=O) groups excluding carboxylic acids is 2. The van der Waals surface area contributed by atoms with Crippen LogP contribution in [0.5, 0.6) is 0 Å². The average Bonchev–Trinajstić information content (AvgIpc) is 2.20. The zero-order valence-electron chi connectivity index (χ0n) is 9.23. The number of nitrogens with zero attached hydrogens (tertiary/aromatic N) is 2. The molecule has 86 valence electrons. The van der Waals surface area contributed by atoms with E-state index in [1.807, 2.05) is 0 Å². The van der Waals surface area contributed by atoms with Gasteiger partial charge in [0, 0.05) is 27.1 Å². The van der Waals surface area contributed by atoms with E-state index >= 15 is 0 Å². The number of carbonyl (C=O) groups is 2. The van der Waals surface area contributed by atoms with Crippen LogP contribution in [0.15, 0.2) is 0 Å². The quantitative estimate of drug-likeness (QED) is 0.643. The minimum Gasteiger partial charge on any atom is -0.435 e. The van der Waals surface area contributed by atoms with Crippen molar-refractivity contribution < 1.29 is 19.1 Å². The Labute approximate surface area is 88.7 Å². The summed E-state index contributed by atoms with van der Waals surface area (Å²) in [5.74, 6) is 0. The van der Waals surface area contributed by atoms with Gasteiger partial charge >= 0.3 is 12.2 Å². The molecule has 15 heavy (non-hydrogen) atoms. The molecule has 6 heteroatoms. The van der Waals surface area contributed by atoms with Crippen LogP contribution in [0, 0.1) is 0 Å². The van der Waals surface area contributed by atoms with Crippen LogP contribution in [0.1, 0.15) is 13.3 Å². The van der Waals surface area contributed by atoms with Crippen LogP contribution in [0.2, 0.25) is 0 Å². The highest BCUT2D eigenvalue weighted by Gasteiger charge is 2.31. The summed E-state index contributed by atoms with van der Waals surface area (Å²) in [6.45, 7) is 2.54. The van der Waals surface area contributed by atoms with Crippen molar-refractivity contribution in [1.82, 2.24) is 9.80 Å². The molecule has 0 radical (unpaired) electrons. The summed E-state index contributed by atoms with van der Waals surface area (Å²) in [5.41, 5.74) is 0. The molecule has 0 aromatic carbocycles. The fourth-order valence-corrected chi connectivity index (χ4v) is 1.39. The lowest BCUT2D eigenvalue weighted by Crippen LogP contribution is -2.52. The lowest BCUT2D eigenvalue weighted by Gasteiger charge is -2.36. The topological polar surface area (TPSA) is 59.1 Å². The zero-order chi connectivity index (χ0) is 11.4. The summed E-state index contributed by atoms with van der Waals surface area (Å²) in [6.07, 6.45) is -0.656. The van der Waals surface area contributed by atoms with Gasteiger partial charge in [-0.05, 0) is 6.92 Å². The average molecular weight is 216 g/mol. The molecule has 1 aliphatic rings. The molecule has 1 saturated heterocycles. The van der Waals surface area contributed by atoms with Crippen LogP contribution in [0.25, 0.3) is 0 Å². The number of rotatable bonds is 2. The maximum absolute atomic E-state index is 11.5. The smallest absolute Gasteiger partial charge is 0.435 e. The van der Waals surface area contributed by atoms with Gasteiger partial charge in [-0.1, -0.05) is 0 Å². The summed E-state index contributed by atoms with van der Waals surface area (Å²) in [5, 5.41) is 0. The highest BCUT2D eigenvalue weighted by molar-refractivity contribution is 5.75. The van der Waals surface area contributed by atoms with E-state index in [-0.39, 0.29) is 12.6 Å². The van der Waals surface area contributed by atoms with Crippen molar-refractivity contribution in [2.24, 2.45) is 0 Å².